The maximum atomic E-state index is 13.0. The number of aryl methyl sites for hydroxylation is 2. The molecular formula is C25H25N7O3S. The van der Waals surface area contributed by atoms with Gasteiger partial charge in [0, 0.05) is 55.4 Å². The summed E-state index contributed by atoms with van der Waals surface area (Å²) in [6.07, 6.45) is 5.88. The highest BCUT2D eigenvalue weighted by atomic mass is 32.1. The average molecular weight is 504 g/mol. The van der Waals surface area contributed by atoms with Gasteiger partial charge in [0.15, 0.2) is 16.1 Å². The summed E-state index contributed by atoms with van der Waals surface area (Å²) in [5.74, 6) is 0.800. The predicted molar refractivity (Wildman–Crippen MR) is 138 cm³/mol. The fourth-order valence-corrected chi connectivity index (χ4v) is 5.74. The maximum Gasteiger partial charge on any atom is 0.330 e. The highest BCUT2D eigenvalue weighted by molar-refractivity contribution is 7.16. The third-order valence-corrected chi connectivity index (χ3v) is 7.52. The highest BCUT2D eigenvalue weighted by Crippen LogP contribution is 2.24. The van der Waals surface area contributed by atoms with E-state index in [2.05, 4.69) is 4.98 Å². The van der Waals surface area contributed by atoms with Gasteiger partial charge in [-0.05, 0) is 38.0 Å². The molecule has 1 aliphatic rings. The van der Waals surface area contributed by atoms with Crippen LogP contribution in [0, 0.1) is 6.92 Å². The molecule has 5 aromatic rings. The van der Waals surface area contributed by atoms with Crippen molar-refractivity contribution < 1.29 is 4.79 Å². The van der Waals surface area contributed by atoms with E-state index in [1.165, 1.54) is 9.44 Å². The van der Waals surface area contributed by atoms with Crippen LogP contribution < -0.4 is 16.1 Å². The molecule has 1 saturated heterocycles. The fraction of sp³-hybridized carbons (Fsp3) is 0.320. The predicted octanol–water partition coefficient (Wildman–Crippen LogP) is 2.69. The van der Waals surface area contributed by atoms with Crippen LogP contribution in [0.3, 0.4) is 0 Å². The van der Waals surface area contributed by atoms with Crippen molar-refractivity contribution in [3.8, 4) is 0 Å². The van der Waals surface area contributed by atoms with E-state index >= 15 is 0 Å². The first-order valence-corrected chi connectivity index (χ1v) is 12.8. The van der Waals surface area contributed by atoms with E-state index in [0.29, 0.717) is 42.9 Å². The Morgan fingerprint density at radius 2 is 1.86 bits per heavy atom. The number of aromatic amines is 1. The van der Waals surface area contributed by atoms with E-state index in [1.807, 2.05) is 59.5 Å². The van der Waals surface area contributed by atoms with Crippen LogP contribution in [-0.4, -0.2) is 40.9 Å². The number of thiazole rings is 1. The number of H-pyrrole nitrogens is 1. The number of anilines is 1. The number of hydrogen-bond acceptors (Lipinski definition) is 6. The van der Waals surface area contributed by atoms with E-state index in [-0.39, 0.29) is 5.91 Å². The third-order valence-electron chi connectivity index (χ3n) is 6.60. The summed E-state index contributed by atoms with van der Waals surface area (Å²) in [5, 5.41) is 0. The van der Waals surface area contributed by atoms with Crippen LogP contribution in [0.4, 0.5) is 5.69 Å². The molecule has 0 spiro atoms. The summed E-state index contributed by atoms with van der Waals surface area (Å²) in [6, 6.07) is 7.82. The molecular weight excluding hydrogens is 478 g/mol. The molecule has 5 heterocycles. The second kappa shape index (κ2) is 8.59. The topological polar surface area (TPSA) is 110 Å². The summed E-state index contributed by atoms with van der Waals surface area (Å²) >= 11 is 1.61. The van der Waals surface area contributed by atoms with Crippen LogP contribution in [0.15, 0.2) is 46.2 Å². The zero-order chi connectivity index (χ0) is 25.0. The number of nitrogens with zero attached hydrogens (tertiary/aromatic N) is 6. The van der Waals surface area contributed by atoms with Crippen molar-refractivity contribution in [1.29, 1.82) is 0 Å². The summed E-state index contributed by atoms with van der Waals surface area (Å²) < 4.78 is 5.35. The van der Waals surface area contributed by atoms with Crippen molar-refractivity contribution in [2.24, 2.45) is 0 Å². The van der Waals surface area contributed by atoms with E-state index in [4.69, 9.17) is 9.97 Å². The van der Waals surface area contributed by atoms with Crippen molar-refractivity contribution in [2.75, 3.05) is 11.4 Å². The molecule has 1 N–H and O–H groups in total. The van der Waals surface area contributed by atoms with Gasteiger partial charge < -0.3 is 9.47 Å². The van der Waals surface area contributed by atoms with Crippen molar-refractivity contribution in [3.05, 3.63) is 79.5 Å². The van der Waals surface area contributed by atoms with Crippen LogP contribution in [0.1, 0.15) is 41.7 Å². The molecule has 184 valence electrons. The van der Waals surface area contributed by atoms with Gasteiger partial charge in [-0.25, -0.2) is 14.8 Å². The SMILES string of the molecule is CCn1c(=O)[nH]c(=O)c2c1nc(Cc1cn3cc(C)sc3n1)n2Cc1ccc(N2CCCC2=O)cc1. The zero-order valence-electron chi connectivity index (χ0n) is 20.0. The molecule has 6 rings (SSSR count). The van der Waals surface area contributed by atoms with Crippen molar-refractivity contribution in [1.82, 2.24) is 28.5 Å². The Bertz CT molecular complexity index is 1700. The van der Waals surface area contributed by atoms with Gasteiger partial charge in [0.05, 0.1) is 5.69 Å². The standard InChI is InChI=1S/C25H25N7O3S/c1-3-30-22-21(23(34)28-24(30)35)32(13-16-6-8-18(9-7-16)31-10-4-5-20(31)33)19(27-22)11-17-14-29-12-15(2)36-25(29)26-17/h6-9,12,14H,3-5,10-11,13H2,1-2H3,(H,28,34,35). The number of carbonyl (C=O) groups is 1. The highest BCUT2D eigenvalue weighted by Gasteiger charge is 2.22. The summed E-state index contributed by atoms with van der Waals surface area (Å²) in [7, 11) is 0. The number of benzene rings is 1. The molecule has 0 bridgehead atoms. The Morgan fingerprint density at radius 3 is 2.56 bits per heavy atom. The number of fused-ring (bicyclic) bond motifs is 2. The molecule has 10 nitrogen and oxygen atoms in total. The number of carbonyl (C=O) groups excluding carboxylic acids is 1. The molecule has 0 saturated carbocycles. The molecule has 0 aliphatic carbocycles. The van der Waals surface area contributed by atoms with E-state index < -0.39 is 11.2 Å². The Labute approximate surface area is 209 Å². The lowest BCUT2D eigenvalue weighted by Gasteiger charge is -2.16. The van der Waals surface area contributed by atoms with Crippen molar-refractivity contribution in [3.63, 3.8) is 0 Å². The first-order valence-electron chi connectivity index (χ1n) is 12.0. The molecule has 0 unspecified atom stereocenters. The Kier molecular flexibility index (Phi) is 5.36. The normalized spacial score (nSPS) is 14.1. The summed E-state index contributed by atoms with van der Waals surface area (Å²) in [6.45, 7) is 5.41. The van der Waals surface area contributed by atoms with Gasteiger partial charge in [0.1, 0.15) is 5.82 Å². The summed E-state index contributed by atoms with van der Waals surface area (Å²) in [5.41, 5.74) is 2.48. The smallest absolute Gasteiger partial charge is 0.317 e. The monoisotopic (exact) mass is 503 g/mol. The van der Waals surface area contributed by atoms with Gasteiger partial charge in [-0.2, -0.15) is 0 Å². The number of aromatic nitrogens is 6. The molecule has 0 atom stereocenters. The minimum Gasteiger partial charge on any atom is -0.317 e. The number of hydrogen-bond donors (Lipinski definition) is 1. The largest absolute Gasteiger partial charge is 0.330 e. The van der Waals surface area contributed by atoms with E-state index in [9.17, 15) is 14.4 Å². The van der Waals surface area contributed by atoms with Crippen LogP contribution in [0.2, 0.25) is 0 Å². The molecule has 1 fully saturated rings. The summed E-state index contributed by atoms with van der Waals surface area (Å²) in [4.78, 5) is 53.3. The van der Waals surface area contributed by atoms with Gasteiger partial charge >= 0.3 is 5.69 Å². The molecule has 4 aromatic heterocycles. The number of nitrogens with one attached hydrogen (secondary N) is 1. The van der Waals surface area contributed by atoms with Crippen LogP contribution in [-0.2, 0) is 24.3 Å². The van der Waals surface area contributed by atoms with E-state index in [0.717, 1.165) is 34.9 Å². The maximum absolute atomic E-state index is 13.0. The van der Waals surface area contributed by atoms with Crippen LogP contribution in [0.25, 0.3) is 16.1 Å². The average Bonchev–Trinajstić information content (AvgIpc) is 3.59. The second-order valence-corrected chi connectivity index (χ2v) is 10.3. The van der Waals surface area contributed by atoms with Gasteiger partial charge in [0.25, 0.3) is 5.56 Å². The van der Waals surface area contributed by atoms with Gasteiger partial charge in [-0.3, -0.25) is 23.5 Å². The molecule has 1 aliphatic heterocycles. The first-order chi connectivity index (χ1) is 17.4. The Balaban J connectivity index is 1.42. The van der Waals surface area contributed by atoms with Gasteiger partial charge in [-0.1, -0.05) is 12.1 Å². The van der Waals surface area contributed by atoms with Crippen LogP contribution >= 0.6 is 11.3 Å². The quantitative estimate of drug-likeness (QED) is 0.383. The number of rotatable bonds is 6. The molecule has 11 heteroatoms. The van der Waals surface area contributed by atoms with Gasteiger partial charge in [-0.15, -0.1) is 11.3 Å². The van der Waals surface area contributed by atoms with E-state index in [1.54, 1.807) is 16.2 Å². The lowest BCUT2D eigenvalue weighted by molar-refractivity contribution is -0.117. The second-order valence-electron chi connectivity index (χ2n) is 9.05. The first kappa shape index (κ1) is 22.5. The lowest BCUT2D eigenvalue weighted by atomic mass is 10.2. The number of amides is 1. The lowest BCUT2D eigenvalue weighted by Crippen LogP contribution is -2.30. The Morgan fingerprint density at radius 1 is 1.06 bits per heavy atom. The van der Waals surface area contributed by atoms with Gasteiger partial charge in [0.2, 0.25) is 5.91 Å². The third kappa shape index (κ3) is 3.76. The van der Waals surface area contributed by atoms with Crippen molar-refractivity contribution >= 4 is 39.1 Å². The van der Waals surface area contributed by atoms with Crippen molar-refractivity contribution in [2.45, 2.75) is 46.2 Å². The minimum absolute atomic E-state index is 0.143. The molecule has 1 aromatic carbocycles. The number of imidazole rings is 2. The molecule has 36 heavy (non-hydrogen) atoms. The fourth-order valence-electron chi connectivity index (χ4n) is 4.91. The van der Waals surface area contributed by atoms with Crippen LogP contribution in [0.5, 0.6) is 0 Å². The minimum atomic E-state index is -0.469. The zero-order valence-corrected chi connectivity index (χ0v) is 20.8. The Hall–Kier alpha value is -3.99. The molecule has 0 radical (unpaired) electrons. The molecule has 1 amide bonds.